The van der Waals surface area contributed by atoms with Crippen molar-refractivity contribution in [2.75, 3.05) is 6.54 Å². The third-order valence-electron chi connectivity index (χ3n) is 6.53. The van der Waals surface area contributed by atoms with Gasteiger partial charge in [0.1, 0.15) is 11.7 Å². The number of hydrogen-bond acceptors (Lipinski definition) is 6. The summed E-state index contributed by atoms with van der Waals surface area (Å²) in [7, 11) is 0. The second kappa shape index (κ2) is 8.52. The van der Waals surface area contributed by atoms with Gasteiger partial charge in [0, 0.05) is 37.9 Å². The van der Waals surface area contributed by atoms with Gasteiger partial charge < -0.3 is 19.4 Å². The molecule has 1 fully saturated rings. The molecule has 178 valence electrons. The molecule has 7 nitrogen and oxygen atoms in total. The van der Waals surface area contributed by atoms with E-state index < -0.39 is 29.6 Å². The summed E-state index contributed by atoms with van der Waals surface area (Å²) < 4.78 is 35.1. The molecular weight excluding hydrogens is 432 g/mol. The van der Waals surface area contributed by atoms with Crippen LogP contribution in [0.15, 0.2) is 46.1 Å². The van der Waals surface area contributed by atoms with E-state index in [1.807, 2.05) is 13.8 Å². The molecule has 1 amide bonds. The molecule has 1 aromatic heterocycles. The number of alkyl halides is 2. The average Bonchev–Trinajstić information content (AvgIpc) is 3.46. The van der Waals surface area contributed by atoms with Gasteiger partial charge in [-0.25, -0.2) is 8.78 Å². The van der Waals surface area contributed by atoms with Crippen LogP contribution in [-0.4, -0.2) is 51.4 Å². The first kappa shape index (κ1) is 23.4. The zero-order valence-corrected chi connectivity index (χ0v) is 19.2. The number of aliphatic hydroxyl groups is 1. The van der Waals surface area contributed by atoms with E-state index in [1.165, 1.54) is 4.90 Å². The fourth-order valence-electron chi connectivity index (χ4n) is 4.80. The Hall–Kier alpha value is -2.81. The second-order valence-electron chi connectivity index (χ2n) is 9.42. The molecule has 1 saturated heterocycles. The summed E-state index contributed by atoms with van der Waals surface area (Å²) in [5.74, 6) is -3.77. The summed E-state index contributed by atoms with van der Waals surface area (Å²) in [5.41, 5.74) is -0.676. The lowest BCUT2D eigenvalue weighted by Gasteiger charge is -2.33. The van der Waals surface area contributed by atoms with Crippen molar-refractivity contribution in [1.82, 2.24) is 10.1 Å². The van der Waals surface area contributed by atoms with Gasteiger partial charge in [-0.1, -0.05) is 54.5 Å². The largest absolute Gasteiger partial charge is 0.391 e. The first-order valence-electron chi connectivity index (χ1n) is 11.1. The highest BCUT2D eigenvalue weighted by Crippen LogP contribution is 2.48. The van der Waals surface area contributed by atoms with E-state index in [2.05, 4.69) is 10.3 Å². The second-order valence-corrected chi connectivity index (χ2v) is 9.42. The number of β-amino-alcohol motifs (C(OH)–C–C–N with tert-alkyl or cyclic N) is 1. The van der Waals surface area contributed by atoms with Crippen LogP contribution in [-0.2, 0) is 15.2 Å². The van der Waals surface area contributed by atoms with Crippen LogP contribution in [0, 0.1) is 12.8 Å². The highest BCUT2D eigenvalue weighted by Gasteiger charge is 2.59. The molecule has 1 N–H and O–H groups in total. The Morgan fingerprint density at radius 3 is 2.58 bits per heavy atom. The lowest BCUT2D eigenvalue weighted by Crippen LogP contribution is -2.47. The maximum absolute atomic E-state index is 14.9. The first-order valence-corrected chi connectivity index (χ1v) is 11.1. The molecule has 3 heterocycles. The van der Waals surface area contributed by atoms with E-state index in [1.54, 1.807) is 43.3 Å². The quantitative estimate of drug-likeness (QED) is 0.702. The predicted octanol–water partition coefficient (Wildman–Crippen LogP) is 4.01. The van der Waals surface area contributed by atoms with Gasteiger partial charge in [0.25, 0.3) is 5.92 Å². The third kappa shape index (κ3) is 4.14. The number of hydrogen-bond donors (Lipinski definition) is 1. The SMILES string of the molecule is Cc1cc(C(C(=O)N2CC(O)CC2C2=NOC(c3ccccc3)(C(C)(F)F)C2)C(C)C)on1. The molecule has 4 rings (SSSR count). The normalized spacial score (nSPS) is 26.4. The van der Waals surface area contributed by atoms with Crippen LogP contribution in [0.5, 0.6) is 0 Å². The van der Waals surface area contributed by atoms with Gasteiger partial charge in [-0.15, -0.1) is 0 Å². The number of rotatable bonds is 6. The summed E-state index contributed by atoms with van der Waals surface area (Å²) in [6.07, 6.45) is -0.774. The minimum absolute atomic E-state index is 0.0830. The number of nitrogens with zero attached hydrogens (tertiary/aromatic N) is 3. The molecule has 2 aromatic rings. The molecule has 0 saturated carbocycles. The Morgan fingerprint density at radius 1 is 1.30 bits per heavy atom. The molecular formula is C24H29F2N3O4. The van der Waals surface area contributed by atoms with E-state index in [4.69, 9.17) is 9.36 Å². The molecule has 4 atom stereocenters. The number of benzene rings is 1. The number of likely N-dealkylation sites (tertiary alicyclic amines) is 1. The van der Waals surface area contributed by atoms with Crippen molar-refractivity contribution in [3.8, 4) is 0 Å². The number of carbonyl (C=O) groups excluding carboxylic acids is 1. The Morgan fingerprint density at radius 2 is 2.00 bits per heavy atom. The van der Waals surface area contributed by atoms with Gasteiger partial charge in [0.15, 0.2) is 0 Å². The molecule has 9 heteroatoms. The maximum Gasteiger partial charge on any atom is 0.291 e. The van der Waals surface area contributed by atoms with Crippen LogP contribution in [0.2, 0.25) is 0 Å². The minimum atomic E-state index is -3.23. The Balaban J connectivity index is 1.64. The zero-order chi connectivity index (χ0) is 24.0. The van der Waals surface area contributed by atoms with E-state index in [0.29, 0.717) is 22.7 Å². The molecule has 33 heavy (non-hydrogen) atoms. The lowest BCUT2D eigenvalue weighted by molar-refractivity contribution is -0.193. The van der Waals surface area contributed by atoms with Crippen LogP contribution in [0.3, 0.4) is 0 Å². The topological polar surface area (TPSA) is 88.2 Å². The summed E-state index contributed by atoms with van der Waals surface area (Å²) in [4.78, 5) is 20.6. The van der Waals surface area contributed by atoms with Crippen molar-refractivity contribution in [1.29, 1.82) is 0 Å². The predicted molar refractivity (Wildman–Crippen MR) is 117 cm³/mol. The molecule has 0 spiro atoms. The summed E-state index contributed by atoms with van der Waals surface area (Å²) in [5, 5.41) is 18.4. The smallest absolute Gasteiger partial charge is 0.291 e. The fourth-order valence-corrected chi connectivity index (χ4v) is 4.80. The van der Waals surface area contributed by atoms with Crippen LogP contribution in [0.25, 0.3) is 0 Å². The molecule has 1 aromatic carbocycles. The van der Waals surface area contributed by atoms with Crippen molar-refractivity contribution in [2.45, 2.75) is 70.1 Å². The van der Waals surface area contributed by atoms with Crippen LogP contribution >= 0.6 is 0 Å². The number of carbonyl (C=O) groups is 1. The maximum atomic E-state index is 14.9. The molecule has 0 bridgehead atoms. The van der Waals surface area contributed by atoms with Crippen LogP contribution < -0.4 is 0 Å². The van der Waals surface area contributed by atoms with E-state index in [0.717, 1.165) is 6.92 Å². The summed E-state index contributed by atoms with van der Waals surface area (Å²) >= 11 is 0. The number of aliphatic hydroxyl groups excluding tert-OH is 1. The highest BCUT2D eigenvalue weighted by atomic mass is 19.3. The van der Waals surface area contributed by atoms with E-state index in [-0.39, 0.29) is 31.2 Å². The van der Waals surface area contributed by atoms with Gasteiger partial charge in [-0.05, 0) is 12.8 Å². The fraction of sp³-hybridized carbons (Fsp3) is 0.542. The van der Waals surface area contributed by atoms with Gasteiger partial charge in [-0.3, -0.25) is 4.79 Å². The first-order chi connectivity index (χ1) is 15.5. The molecule has 0 radical (unpaired) electrons. The van der Waals surface area contributed by atoms with Crippen molar-refractivity contribution in [2.24, 2.45) is 11.1 Å². The van der Waals surface area contributed by atoms with Crippen molar-refractivity contribution in [3.05, 3.63) is 53.4 Å². The zero-order valence-electron chi connectivity index (χ0n) is 19.2. The highest BCUT2D eigenvalue weighted by molar-refractivity contribution is 5.96. The summed E-state index contributed by atoms with van der Waals surface area (Å²) in [6.45, 7) is 6.47. The lowest BCUT2D eigenvalue weighted by atomic mass is 9.82. The van der Waals surface area contributed by atoms with Crippen molar-refractivity contribution < 1.29 is 28.0 Å². The average molecular weight is 462 g/mol. The van der Waals surface area contributed by atoms with Crippen LogP contribution in [0.1, 0.15) is 56.5 Å². The number of aromatic nitrogens is 1. The summed E-state index contributed by atoms with van der Waals surface area (Å²) in [6, 6.07) is 9.33. The molecule has 2 aliphatic rings. The number of amides is 1. The Labute approximate surface area is 191 Å². The molecule has 4 unspecified atom stereocenters. The minimum Gasteiger partial charge on any atom is -0.391 e. The Kier molecular flexibility index (Phi) is 6.03. The standard InChI is InChI=1S/C24H29F2N3O4/c1-14(2)21(20-10-15(3)27-32-20)22(31)29-13-17(30)11-19(29)18-12-24(33-28-18,23(4,25)26)16-8-6-5-7-9-16/h5-10,14,17,19,21,30H,11-13H2,1-4H3. The van der Waals surface area contributed by atoms with Crippen molar-refractivity contribution in [3.63, 3.8) is 0 Å². The molecule has 2 aliphatic heterocycles. The van der Waals surface area contributed by atoms with E-state index >= 15 is 0 Å². The van der Waals surface area contributed by atoms with E-state index in [9.17, 15) is 18.7 Å². The monoisotopic (exact) mass is 461 g/mol. The van der Waals surface area contributed by atoms with Gasteiger partial charge >= 0.3 is 0 Å². The van der Waals surface area contributed by atoms with Gasteiger partial charge in [0.2, 0.25) is 11.5 Å². The Bertz CT molecular complexity index is 1030. The number of halogens is 2. The van der Waals surface area contributed by atoms with Gasteiger partial charge in [0.05, 0.1) is 23.6 Å². The van der Waals surface area contributed by atoms with Gasteiger partial charge in [-0.2, -0.15) is 0 Å². The number of oxime groups is 1. The number of aryl methyl sites for hydroxylation is 1. The van der Waals surface area contributed by atoms with Crippen molar-refractivity contribution >= 4 is 11.6 Å². The van der Waals surface area contributed by atoms with Crippen LogP contribution in [0.4, 0.5) is 8.78 Å². The third-order valence-corrected chi connectivity index (χ3v) is 6.53. The molecule has 0 aliphatic carbocycles.